The Labute approximate surface area is 184 Å². The van der Waals surface area contributed by atoms with Gasteiger partial charge >= 0.3 is 5.97 Å². The Morgan fingerprint density at radius 2 is 1.80 bits per heavy atom. The van der Waals surface area contributed by atoms with E-state index in [1.807, 2.05) is 6.92 Å². The summed E-state index contributed by atoms with van der Waals surface area (Å²) in [4.78, 5) is 23.4. The van der Waals surface area contributed by atoms with Crippen molar-refractivity contribution in [3.05, 3.63) is 11.6 Å². The van der Waals surface area contributed by atoms with Crippen LogP contribution in [0.5, 0.6) is 0 Å². The molecule has 2 atom stereocenters. The largest absolute Gasteiger partial charge is 0.460 e. The molecule has 1 fully saturated rings. The van der Waals surface area contributed by atoms with Gasteiger partial charge in [-0.05, 0) is 56.8 Å². The normalized spacial score (nSPS) is 20.6. The van der Waals surface area contributed by atoms with Crippen molar-refractivity contribution in [2.24, 2.45) is 11.3 Å². The van der Waals surface area contributed by atoms with Gasteiger partial charge in [-0.1, -0.05) is 71.4 Å². The third-order valence-electron chi connectivity index (χ3n) is 6.48. The molecule has 4 heteroatoms. The third-order valence-corrected chi connectivity index (χ3v) is 6.48. The van der Waals surface area contributed by atoms with E-state index in [0.717, 1.165) is 57.8 Å². The summed E-state index contributed by atoms with van der Waals surface area (Å²) in [5.41, 5.74) is 1.83. The van der Waals surface area contributed by atoms with Crippen molar-refractivity contribution < 1.29 is 19.4 Å². The summed E-state index contributed by atoms with van der Waals surface area (Å²) in [6.45, 7) is 9.33. The summed E-state index contributed by atoms with van der Waals surface area (Å²) in [6.07, 6.45) is 15.8. The number of ether oxygens (including phenoxy) is 1. The van der Waals surface area contributed by atoms with Gasteiger partial charge in [0.2, 0.25) is 5.78 Å². The molecule has 1 rings (SSSR count). The third kappa shape index (κ3) is 10.7. The molecule has 0 bridgehead atoms. The predicted molar refractivity (Wildman–Crippen MR) is 123 cm³/mol. The van der Waals surface area contributed by atoms with Crippen LogP contribution in [0.2, 0.25) is 0 Å². The van der Waals surface area contributed by atoms with Crippen LogP contribution in [-0.2, 0) is 14.3 Å². The molecule has 0 aromatic rings. The van der Waals surface area contributed by atoms with Gasteiger partial charge in [0.1, 0.15) is 0 Å². The molecule has 0 amide bonds. The van der Waals surface area contributed by atoms with Crippen molar-refractivity contribution >= 4 is 11.8 Å². The second-order valence-electron chi connectivity index (χ2n) is 9.81. The lowest BCUT2D eigenvalue weighted by atomic mass is 9.82. The van der Waals surface area contributed by atoms with Crippen molar-refractivity contribution in [2.75, 3.05) is 6.61 Å². The fourth-order valence-corrected chi connectivity index (χ4v) is 4.33. The number of Topliss-reactive ketones (excluding diaryl/α,β-unsaturated/α-hetero) is 1. The average Bonchev–Trinajstić information content (AvgIpc) is 3.05. The maximum absolute atomic E-state index is 11.8. The minimum Gasteiger partial charge on any atom is -0.460 e. The maximum atomic E-state index is 11.8. The number of carbonyl (C=O) groups excluding carboxylic acids is 2. The number of rotatable bonds is 16. The zero-order chi connectivity index (χ0) is 22.4. The highest BCUT2D eigenvalue weighted by Gasteiger charge is 2.29. The first-order chi connectivity index (χ1) is 14.3. The first-order valence-electron chi connectivity index (χ1n) is 12.4. The van der Waals surface area contributed by atoms with Crippen LogP contribution in [0.1, 0.15) is 118 Å². The number of aliphatic hydroxyl groups is 1. The van der Waals surface area contributed by atoms with E-state index in [2.05, 4.69) is 26.8 Å². The summed E-state index contributed by atoms with van der Waals surface area (Å²) in [6, 6.07) is 0. The van der Waals surface area contributed by atoms with Gasteiger partial charge in [-0.2, -0.15) is 0 Å². The summed E-state index contributed by atoms with van der Waals surface area (Å²) >= 11 is 0. The molecule has 174 valence electrons. The fourth-order valence-electron chi connectivity index (χ4n) is 4.33. The number of hydrogen-bond donors (Lipinski definition) is 1. The minimum atomic E-state index is -0.679. The Bertz CT molecular complexity index is 535. The quantitative estimate of drug-likeness (QED) is 0.133. The highest BCUT2D eigenvalue weighted by molar-refractivity contribution is 6.33. The highest BCUT2D eigenvalue weighted by atomic mass is 16.5. The number of unbranched alkanes of at least 4 members (excludes halogenated alkanes) is 4. The van der Waals surface area contributed by atoms with Gasteiger partial charge in [0, 0.05) is 12.3 Å². The first-order valence-corrected chi connectivity index (χ1v) is 12.4. The van der Waals surface area contributed by atoms with Crippen molar-refractivity contribution in [1.29, 1.82) is 0 Å². The van der Waals surface area contributed by atoms with E-state index in [4.69, 9.17) is 4.74 Å². The molecular formula is C26H46O4. The second-order valence-corrected chi connectivity index (χ2v) is 9.81. The zero-order valence-corrected chi connectivity index (χ0v) is 20.0. The van der Waals surface area contributed by atoms with E-state index in [-0.39, 0.29) is 18.4 Å². The Morgan fingerprint density at radius 3 is 2.50 bits per heavy atom. The van der Waals surface area contributed by atoms with Crippen molar-refractivity contribution in [3.63, 3.8) is 0 Å². The lowest BCUT2D eigenvalue weighted by Crippen LogP contribution is -2.18. The number of esters is 1. The fraction of sp³-hybridized carbons (Fsp3) is 0.846. The van der Waals surface area contributed by atoms with Crippen LogP contribution in [0.25, 0.3) is 0 Å². The number of hydrogen-bond acceptors (Lipinski definition) is 4. The Kier molecular flexibility index (Phi) is 13.2. The maximum Gasteiger partial charge on any atom is 0.374 e. The molecule has 0 radical (unpaired) electrons. The molecule has 0 aromatic carbocycles. The van der Waals surface area contributed by atoms with Crippen LogP contribution in [0.15, 0.2) is 11.6 Å². The second kappa shape index (κ2) is 14.8. The number of carbonyl (C=O) groups is 2. The summed E-state index contributed by atoms with van der Waals surface area (Å²) in [5.74, 6) is -0.807. The van der Waals surface area contributed by atoms with Crippen LogP contribution < -0.4 is 0 Å². The van der Waals surface area contributed by atoms with Crippen LogP contribution in [0.3, 0.4) is 0 Å². The smallest absolute Gasteiger partial charge is 0.374 e. The van der Waals surface area contributed by atoms with Gasteiger partial charge in [-0.25, -0.2) is 4.79 Å². The SMILES string of the molecule is CCCCOC(=O)C(=O)CCCCC[C@@H]1C(=CCCC(C)(C)CCCC)CC[C@@H]1O. The van der Waals surface area contributed by atoms with Crippen LogP contribution in [0.4, 0.5) is 0 Å². The topological polar surface area (TPSA) is 63.6 Å². The molecule has 1 N–H and O–H groups in total. The number of allylic oxidation sites excluding steroid dienone is 1. The minimum absolute atomic E-state index is 0.223. The van der Waals surface area contributed by atoms with E-state index in [1.165, 1.54) is 31.3 Å². The van der Waals surface area contributed by atoms with Crippen LogP contribution in [-0.4, -0.2) is 29.6 Å². The lowest BCUT2D eigenvalue weighted by molar-refractivity contribution is -0.154. The molecule has 30 heavy (non-hydrogen) atoms. The standard InChI is InChI=1S/C26H46O4/c1-5-7-18-26(3,4)19-12-13-21-16-17-23(27)22(21)14-10-9-11-15-24(28)25(29)30-20-8-6-2/h13,22-23,27H,5-12,14-20H2,1-4H3/t22-,23+/m1/s1. The molecule has 1 aliphatic carbocycles. The van der Waals surface area contributed by atoms with Crippen molar-refractivity contribution in [1.82, 2.24) is 0 Å². The van der Waals surface area contributed by atoms with Gasteiger partial charge in [0.15, 0.2) is 0 Å². The summed E-state index contributed by atoms with van der Waals surface area (Å²) < 4.78 is 4.96. The Hall–Kier alpha value is -1.16. The van der Waals surface area contributed by atoms with E-state index < -0.39 is 11.8 Å². The van der Waals surface area contributed by atoms with Crippen LogP contribution >= 0.6 is 0 Å². The van der Waals surface area contributed by atoms with E-state index >= 15 is 0 Å². The molecule has 4 nitrogen and oxygen atoms in total. The summed E-state index contributed by atoms with van der Waals surface area (Å²) in [5, 5.41) is 10.4. The predicted octanol–water partition coefficient (Wildman–Crippen LogP) is 6.54. The molecule has 0 aromatic heterocycles. The first kappa shape index (κ1) is 26.9. The van der Waals surface area contributed by atoms with Crippen LogP contribution in [0, 0.1) is 11.3 Å². The van der Waals surface area contributed by atoms with Crippen molar-refractivity contribution in [3.8, 4) is 0 Å². The summed E-state index contributed by atoms with van der Waals surface area (Å²) in [7, 11) is 0. The van der Waals surface area contributed by atoms with Gasteiger partial charge < -0.3 is 9.84 Å². The van der Waals surface area contributed by atoms with Gasteiger partial charge in [0.05, 0.1) is 12.7 Å². The Balaban J connectivity index is 2.30. The Morgan fingerprint density at radius 1 is 1.07 bits per heavy atom. The van der Waals surface area contributed by atoms with E-state index in [9.17, 15) is 14.7 Å². The molecule has 0 aliphatic heterocycles. The average molecular weight is 423 g/mol. The monoisotopic (exact) mass is 422 g/mol. The molecule has 1 aliphatic rings. The molecule has 0 spiro atoms. The van der Waals surface area contributed by atoms with Gasteiger partial charge in [-0.3, -0.25) is 4.79 Å². The van der Waals surface area contributed by atoms with E-state index in [1.54, 1.807) is 0 Å². The van der Waals surface area contributed by atoms with Gasteiger partial charge in [0.25, 0.3) is 0 Å². The highest BCUT2D eigenvalue weighted by Crippen LogP contribution is 2.37. The molecule has 0 unspecified atom stereocenters. The molecular weight excluding hydrogens is 376 g/mol. The zero-order valence-electron chi connectivity index (χ0n) is 20.0. The molecule has 1 saturated carbocycles. The van der Waals surface area contributed by atoms with Gasteiger partial charge in [-0.15, -0.1) is 0 Å². The number of ketones is 1. The van der Waals surface area contributed by atoms with E-state index in [0.29, 0.717) is 12.0 Å². The van der Waals surface area contributed by atoms with Crippen molar-refractivity contribution in [2.45, 2.75) is 124 Å². The molecule has 0 saturated heterocycles. The molecule has 0 heterocycles. The lowest BCUT2D eigenvalue weighted by Gasteiger charge is -2.24. The number of aliphatic hydroxyl groups excluding tert-OH is 1.